The molecule has 0 aromatic heterocycles. The fraction of sp³-hybridized carbons (Fsp3) is 0.571. The van der Waals surface area contributed by atoms with Crippen molar-refractivity contribution < 1.29 is 19.5 Å². The minimum atomic E-state index is -1.02. The van der Waals surface area contributed by atoms with Crippen molar-refractivity contribution in [3.63, 3.8) is 0 Å². The fourth-order valence-corrected chi connectivity index (χ4v) is 3.03. The Labute approximate surface area is 166 Å². The van der Waals surface area contributed by atoms with Gasteiger partial charge in [0.1, 0.15) is 5.78 Å². The number of carbonyl (C=O) groups is 3. The van der Waals surface area contributed by atoms with Crippen LogP contribution in [0.3, 0.4) is 0 Å². The number of carbonyl (C=O) groups excluding carboxylic acids is 3. The smallest absolute Gasteiger partial charge is 0.226 e. The zero-order valence-electron chi connectivity index (χ0n) is 17.0. The number of Topliss-reactive ketones (excluding diaryl/α,β-unsaturated/α-hetero) is 2. The van der Waals surface area contributed by atoms with Crippen LogP contribution < -0.4 is 16.8 Å². The Morgan fingerprint density at radius 3 is 2.29 bits per heavy atom. The van der Waals surface area contributed by atoms with Crippen molar-refractivity contribution in [3.05, 3.63) is 35.4 Å². The number of benzene rings is 1. The highest BCUT2D eigenvalue weighted by molar-refractivity contribution is 5.93. The minimum Gasteiger partial charge on any atom is -0.393 e. The molecule has 0 saturated heterocycles. The number of nitrogens with two attached hydrogens (primary N) is 2. The van der Waals surface area contributed by atoms with Crippen molar-refractivity contribution in [1.29, 1.82) is 0 Å². The third-order valence-electron chi connectivity index (χ3n) is 4.68. The molecule has 0 aliphatic heterocycles. The van der Waals surface area contributed by atoms with Crippen molar-refractivity contribution in [1.82, 2.24) is 5.32 Å². The van der Waals surface area contributed by atoms with E-state index in [1.807, 2.05) is 24.3 Å². The van der Waals surface area contributed by atoms with Gasteiger partial charge in [-0.1, -0.05) is 38.1 Å². The molecular formula is C21H33N3O4. The molecule has 1 aromatic rings. The number of hydrogen-bond acceptors (Lipinski definition) is 6. The quantitative estimate of drug-likeness (QED) is 0.414. The summed E-state index contributed by atoms with van der Waals surface area (Å²) >= 11 is 0. The summed E-state index contributed by atoms with van der Waals surface area (Å²) in [6, 6.07) is 6.68. The number of nitrogens with one attached hydrogen (secondary N) is 1. The second kappa shape index (κ2) is 11.7. The fourth-order valence-electron chi connectivity index (χ4n) is 3.03. The molecule has 28 heavy (non-hydrogen) atoms. The van der Waals surface area contributed by atoms with E-state index in [-0.39, 0.29) is 36.9 Å². The lowest BCUT2D eigenvalue weighted by Crippen LogP contribution is -2.48. The lowest BCUT2D eigenvalue weighted by molar-refractivity contribution is -0.136. The second-order valence-electron chi connectivity index (χ2n) is 7.49. The van der Waals surface area contributed by atoms with Crippen LogP contribution in [0.2, 0.25) is 0 Å². The number of aliphatic hydroxyl groups is 1. The molecule has 1 rings (SSSR count). The van der Waals surface area contributed by atoms with Crippen LogP contribution in [-0.2, 0) is 27.3 Å². The molecule has 156 valence electrons. The Kier molecular flexibility index (Phi) is 9.99. The number of amides is 1. The molecule has 0 heterocycles. The summed E-state index contributed by atoms with van der Waals surface area (Å²) in [5.41, 5.74) is 12.9. The van der Waals surface area contributed by atoms with Gasteiger partial charge in [0.25, 0.3) is 0 Å². The van der Waals surface area contributed by atoms with E-state index in [0.717, 1.165) is 11.1 Å². The van der Waals surface area contributed by atoms with Crippen LogP contribution in [0.25, 0.3) is 0 Å². The van der Waals surface area contributed by atoms with Crippen molar-refractivity contribution in [2.24, 2.45) is 23.3 Å². The molecule has 0 aliphatic rings. The Balaban J connectivity index is 2.80. The molecule has 0 bridgehead atoms. The summed E-state index contributed by atoms with van der Waals surface area (Å²) < 4.78 is 0. The molecule has 0 radical (unpaired) electrons. The van der Waals surface area contributed by atoms with Crippen molar-refractivity contribution >= 4 is 17.5 Å². The zero-order chi connectivity index (χ0) is 21.3. The summed E-state index contributed by atoms with van der Waals surface area (Å²) in [5, 5.41) is 12.7. The molecule has 1 aromatic carbocycles. The molecule has 7 nitrogen and oxygen atoms in total. The van der Waals surface area contributed by atoms with Gasteiger partial charge in [0.2, 0.25) is 5.91 Å². The molecule has 3 atom stereocenters. The third-order valence-corrected chi connectivity index (χ3v) is 4.68. The van der Waals surface area contributed by atoms with E-state index in [9.17, 15) is 19.5 Å². The average molecular weight is 392 g/mol. The van der Waals surface area contributed by atoms with Crippen molar-refractivity contribution in [2.45, 2.75) is 58.7 Å². The van der Waals surface area contributed by atoms with Crippen molar-refractivity contribution in [2.75, 3.05) is 6.54 Å². The van der Waals surface area contributed by atoms with E-state index in [1.54, 1.807) is 13.8 Å². The average Bonchev–Trinajstić information content (AvgIpc) is 2.64. The van der Waals surface area contributed by atoms with E-state index >= 15 is 0 Å². The summed E-state index contributed by atoms with van der Waals surface area (Å²) in [6.07, 6.45) is -0.662. The minimum absolute atomic E-state index is 0.110. The van der Waals surface area contributed by atoms with Gasteiger partial charge in [-0.25, -0.2) is 0 Å². The van der Waals surface area contributed by atoms with Crippen LogP contribution >= 0.6 is 0 Å². The third kappa shape index (κ3) is 7.50. The highest BCUT2D eigenvalue weighted by Crippen LogP contribution is 2.15. The standard InChI is InChI=1S/C21H33N3O4/c1-13(2)20(27)19(7-8-22)24-21(28)18(14(3)25)11-17(26)10-15-5-4-6-16(9-15)12-23/h4-6,9,13-14,18-19,25H,7-8,10-12,22-23H2,1-3H3,(H,24,28)/t14?,18-,19-/m0/s1. The summed E-state index contributed by atoms with van der Waals surface area (Å²) in [7, 11) is 0. The predicted molar refractivity (Wildman–Crippen MR) is 108 cm³/mol. The first-order valence-corrected chi connectivity index (χ1v) is 9.71. The Morgan fingerprint density at radius 1 is 1.11 bits per heavy atom. The van der Waals surface area contributed by atoms with Gasteiger partial charge in [-0.2, -0.15) is 0 Å². The largest absolute Gasteiger partial charge is 0.393 e. The van der Waals surface area contributed by atoms with E-state index in [2.05, 4.69) is 5.32 Å². The van der Waals surface area contributed by atoms with Crippen LogP contribution in [0.4, 0.5) is 0 Å². The van der Waals surface area contributed by atoms with Crippen molar-refractivity contribution in [3.8, 4) is 0 Å². The lowest BCUT2D eigenvalue weighted by atomic mass is 9.92. The van der Waals surface area contributed by atoms with Gasteiger partial charge in [-0.3, -0.25) is 14.4 Å². The number of rotatable bonds is 12. The molecule has 0 saturated carbocycles. The first-order chi connectivity index (χ1) is 13.2. The van der Waals surface area contributed by atoms with Crippen LogP contribution in [0.15, 0.2) is 24.3 Å². The van der Waals surface area contributed by atoms with Gasteiger partial charge in [0.15, 0.2) is 5.78 Å². The molecule has 1 unspecified atom stereocenters. The van der Waals surface area contributed by atoms with E-state index < -0.39 is 24.0 Å². The van der Waals surface area contributed by atoms with E-state index in [0.29, 0.717) is 13.0 Å². The lowest BCUT2D eigenvalue weighted by Gasteiger charge is -2.24. The molecule has 6 N–H and O–H groups in total. The molecule has 7 heteroatoms. The van der Waals surface area contributed by atoms with Crippen LogP contribution in [0, 0.1) is 11.8 Å². The Hall–Kier alpha value is -2.09. The summed E-state index contributed by atoms with van der Waals surface area (Å²) in [5.74, 6) is -1.97. The maximum absolute atomic E-state index is 12.7. The van der Waals surface area contributed by atoms with Gasteiger partial charge in [-0.05, 0) is 31.0 Å². The highest BCUT2D eigenvalue weighted by Gasteiger charge is 2.30. The van der Waals surface area contributed by atoms with Gasteiger partial charge in [-0.15, -0.1) is 0 Å². The first kappa shape index (κ1) is 23.9. The monoisotopic (exact) mass is 391 g/mol. The topological polar surface area (TPSA) is 136 Å². The predicted octanol–water partition coefficient (Wildman–Crippen LogP) is 0.703. The maximum atomic E-state index is 12.7. The van der Waals surface area contributed by atoms with Crippen LogP contribution in [0.1, 0.15) is 44.7 Å². The van der Waals surface area contributed by atoms with Gasteiger partial charge in [0, 0.05) is 25.3 Å². The molecule has 0 spiro atoms. The van der Waals surface area contributed by atoms with Gasteiger partial charge in [0.05, 0.1) is 18.1 Å². The number of ketones is 2. The maximum Gasteiger partial charge on any atom is 0.226 e. The SMILES string of the molecule is CC(C)C(=O)[C@H](CCN)NC(=O)[C@@H](CC(=O)Cc1cccc(CN)c1)C(C)O. The van der Waals surface area contributed by atoms with Crippen LogP contribution in [0.5, 0.6) is 0 Å². The molecule has 0 aliphatic carbocycles. The van der Waals surface area contributed by atoms with Gasteiger partial charge < -0.3 is 21.9 Å². The molecule has 1 amide bonds. The van der Waals surface area contributed by atoms with E-state index in [1.165, 1.54) is 6.92 Å². The highest BCUT2D eigenvalue weighted by atomic mass is 16.3. The first-order valence-electron chi connectivity index (χ1n) is 9.71. The second-order valence-corrected chi connectivity index (χ2v) is 7.49. The number of aliphatic hydroxyl groups excluding tert-OH is 1. The Morgan fingerprint density at radius 2 is 1.75 bits per heavy atom. The summed E-state index contributed by atoms with van der Waals surface area (Å²) in [6.45, 7) is 5.60. The molecule has 0 fully saturated rings. The number of hydrogen-bond donors (Lipinski definition) is 4. The molecular weight excluding hydrogens is 358 g/mol. The van der Waals surface area contributed by atoms with E-state index in [4.69, 9.17) is 11.5 Å². The van der Waals surface area contributed by atoms with Crippen LogP contribution in [-0.4, -0.2) is 41.3 Å². The normalized spacial score (nSPS) is 14.4. The zero-order valence-corrected chi connectivity index (χ0v) is 17.0. The Bertz CT molecular complexity index is 673. The summed E-state index contributed by atoms with van der Waals surface area (Å²) in [4.78, 5) is 37.4. The van der Waals surface area contributed by atoms with Gasteiger partial charge >= 0.3 is 0 Å².